The van der Waals surface area contributed by atoms with Crippen molar-refractivity contribution >= 4 is 5.97 Å². The number of carbonyl (C=O) groups is 1. The van der Waals surface area contributed by atoms with Crippen molar-refractivity contribution in [2.45, 2.75) is 19.8 Å². The van der Waals surface area contributed by atoms with Crippen LogP contribution in [0.1, 0.15) is 19.8 Å². The number of halogens is 1. The smallest absolute Gasteiger partial charge is 0.310 e. The molecular weight excluding hydrogens is 161 g/mol. The van der Waals surface area contributed by atoms with Gasteiger partial charge in [0, 0.05) is 13.1 Å². The highest BCUT2D eigenvalue weighted by molar-refractivity contribution is 5.72. The van der Waals surface area contributed by atoms with Crippen LogP contribution >= 0.6 is 0 Å². The van der Waals surface area contributed by atoms with Gasteiger partial charge in [-0.1, -0.05) is 0 Å². The number of nitrogens with zero attached hydrogens (tertiary/aromatic N) is 1. The van der Waals surface area contributed by atoms with Crippen LogP contribution in [0.4, 0.5) is 4.48 Å². The van der Waals surface area contributed by atoms with Gasteiger partial charge >= 0.3 is 5.97 Å². The minimum atomic E-state index is -0.264. The van der Waals surface area contributed by atoms with Gasteiger partial charge in [-0.15, -0.1) is 9.60 Å². The van der Waals surface area contributed by atoms with Gasteiger partial charge < -0.3 is 4.74 Å². The second-order valence-corrected chi connectivity index (χ2v) is 2.96. The topological polar surface area (TPSA) is 29.5 Å². The van der Waals surface area contributed by atoms with E-state index in [0.29, 0.717) is 18.3 Å². The maximum atomic E-state index is 12.7. The summed E-state index contributed by atoms with van der Waals surface area (Å²) >= 11 is 0. The fourth-order valence-corrected chi connectivity index (χ4v) is 1.38. The zero-order valence-electron chi connectivity index (χ0n) is 7.25. The first-order valence-corrected chi connectivity index (χ1v) is 4.31. The number of carbonyl (C=O) groups excluding carboxylic acids is 1. The first-order chi connectivity index (χ1) is 5.74. The monoisotopic (exact) mass is 175 g/mol. The average molecular weight is 175 g/mol. The summed E-state index contributed by atoms with van der Waals surface area (Å²) in [4.78, 5) is 11.1. The molecule has 1 aliphatic heterocycles. The third-order valence-electron chi connectivity index (χ3n) is 1.99. The maximum Gasteiger partial charge on any atom is 0.310 e. The molecule has 70 valence electrons. The zero-order valence-corrected chi connectivity index (χ0v) is 7.25. The van der Waals surface area contributed by atoms with E-state index in [-0.39, 0.29) is 18.4 Å². The van der Waals surface area contributed by atoms with Gasteiger partial charge in [0.05, 0.1) is 12.5 Å². The Bertz CT molecular complexity index is 163. The van der Waals surface area contributed by atoms with Crippen LogP contribution in [0.5, 0.6) is 0 Å². The van der Waals surface area contributed by atoms with Crippen LogP contribution in [0.3, 0.4) is 0 Å². The molecule has 0 bridgehead atoms. The van der Waals surface area contributed by atoms with Crippen LogP contribution in [-0.2, 0) is 9.53 Å². The third kappa shape index (κ3) is 2.44. The van der Waals surface area contributed by atoms with Crippen molar-refractivity contribution < 1.29 is 14.0 Å². The lowest BCUT2D eigenvalue weighted by Crippen LogP contribution is -2.34. The first-order valence-electron chi connectivity index (χ1n) is 4.31. The minimum Gasteiger partial charge on any atom is -0.466 e. The molecule has 0 N–H and O–H groups in total. The lowest BCUT2D eigenvalue weighted by molar-refractivity contribution is -0.153. The second kappa shape index (κ2) is 4.40. The van der Waals surface area contributed by atoms with Crippen molar-refractivity contribution in [3.05, 3.63) is 0 Å². The molecule has 1 saturated heterocycles. The van der Waals surface area contributed by atoms with Crippen molar-refractivity contribution in [3.63, 3.8) is 0 Å². The molecule has 1 rings (SSSR count). The molecule has 1 heterocycles. The normalized spacial score (nSPS) is 25.3. The summed E-state index contributed by atoms with van der Waals surface area (Å²) in [6.45, 7) is 2.77. The first kappa shape index (κ1) is 9.45. The van der Waals surface area contributed by atoms with Gasteiger partial charge in [-0.05, 0) is 19.8 Å². The van der Waals surface area contributed by atoms with E-state index in [2.05, 4.69) is 0 Å². The Labute approximate surface area is 71.4 Å². The van der Waals surface area contributed by atoms with E-state index in [4.69, 9.17) is 4.74 Å². The van der Waals surface area contributed by atoms with E-state index in [1.807, 2.05) is 0 Å². The standard InChI is InChI=1S/C8H14FNO2/c1-2-12-8(11)7-4-3-5-10(9)6-7/h7H,2-6H2,1H3. The minimum absolute atomic E-state index is 0.193. The Balaban J connectivity index is 2.35. The number of hydrogen-bond donors (Lipinski definition) is 0. The van der Waals surface area contributed by atoms with Crippen LogP contribution in [0.25, 0.3) is 0 Å². The summed E-state index contributed by atoms with van der Waals surface area (Å²) < 4.78 is 17.5. The average Bonchev–Trinajstić information content (AvgIpc) is 2.05. The van der Waals surface area contributed by atoms with Gasteiger partial charge in [0.15, 0.2) is 0 Å². The third-order valence-corrected chi connectivity index (χ3v) is 1.99. The highest BCUT2D eigenvalue weighted by Gasteiger charge is 2.26. The van der Waals surface area contributed by atoms with Crippen molar-refractivity contribution in [1.82, 2.24) is 5.12 Å². The molecule has 4 heteroatoms. The Morgan fingerprint density at radius 1 is 1.75 bits per heavy atom. The fourth-order valence-electron chi connectivity index (χ4n) is 1.38. The summed E-state index contributed by atoms with van der Waals surface area (Å²) in [5.74, 6) is -0.524. The molecule has 0 aromatic carbocycles. The number of rotatable bonds is 2. The quantitative estimate of drug-likeness (QED) is 0.465. The molecule has 1 unspecified atom stereocenters. The molecule has 0 saturated carbocycles. The van der Waals surface area contributed by atoms with Crippen molar-refractivity contribution in [2.24, 2.45) is 5.92 Å². The van der Waals surface area contributed by atoms with Crippen LogP contribution < -0.4 is 0 Å². The van der Waals surface area contributed by atoms with Crippen molar-refractivity contribution in [3.8, 4) is 0 Å². The largest absolute Gasteiger partial charge is 0.466 e. The van der Waals surface area contributed by atoms with Crippen LogP contribution in [0.15, 0.2) is 0 Å². The van der Waals surface area contributed by atoms with Crippen LogP contribution in [0.2, 0.25) is 0 Å². The molecule has 3 nitrogen and oxygen atoms in total. The molecule has 1 atom stereocenters. The second-order valence-electron chi connectivity index (χ2n) is 2.96. The zero-order chi connectivity index (χ0) is 8.97. The Morgan fingerprint density at radius 3 is 3.08 bits per heavy atom. The summed E-state index contributed by atoms with van der Waals surface area (Å²) in [7, 11) is 0. The lowest BCUT2D eigenvalue weighted by Gasteiger charge is -2.24. The SMILES string of the molecule is CCOC(=O)C1CCCN(F)C1. The molecule has 0 spiro atoms. The molecule has 0 aromatic rings. The summed E-state index contributed by atoms with van der Waals surface area (Å²) in [6, 6.07) is 0. The molecule has 0 aliphatic carbocycles. The van der Waals surface area contributed by atoms with E-state index in [1.54, 1.807) is 6.92 Å². The highest BCUT2D eigenvalue weighted by Crippen LogP contribution is 2.17. The van der Waals surface area contributed by atoms with E-state index in [0.717, 1.165) is 12.8 Å². The Hall–Kier alpha value is -0.640. The van der Waals surface area contributed by atoms with E-state index in [9.17, 15) is 9.28 Å². The fraction of sp³-hybridized carbons (Fsp3) is 0.875. The molecule has 12 heavy (non-hydrogen) atoms. The van der Waals surface area contributed by atoms with E-state index >= 15 is 0 Å². The van der Waals surface area contributed by atoms with Gasteiger partial charge in [-0.2, -0.15) is 0 Å². The van der Waals surface area contributed by atoms with Gasteiger partial charge in [0.1, 0.15) is 0 Å². The molecule has 0 amide bonds. The van der Waals surface area contributed by atoms with Gasteiger partial charge in [0.25, 0.3) is 0 Å². The molecular formula is C8H14FNO2. The van der Waals surface area contributed by atoms with Gasteiger partial charge in [-0.3, -0.25) is 4.79 Å². The molecule has 1 fully saturated rings. The predicted octanol–water partition coefficient (Wildman–Crippen LogP) is 1.15. The number of piperidine rings is 1. The number of ether oxygens (including phenoxy) is 1. The summed E-state index contributed by atoms with van der Waals surface area (Å²) in [5, 5.41) is 0.686. The Kier molecular flexibility index (Phi) is 3.47. The van der Waals surface area contributed by atoms with E-state index < -0.39 is 0 Å². The van der Waals surface area contributed by atoms with E-state index in [1.165, 1.54) is 0 Å². The van der Waals surface area contributed by atoms with Crippen molar-refractivity contribution in [1.29, 1.82) is 0 Å². The van der Waals surface area contributed by atoms with Crippen molar-refractivity contribution in [2.75, 3.05) is 19.7 Å². The number of esters is 1. The summed E-state index contributed by atoms with van der Waals surface area (Å²) in [5.41, 5.74) is 0. The predicted molar refractivity (Wildman–Crippen MR) is 42.0 cm³/mol. The maximum absolute atomic E-state index is 12.7. The van der Waals surface area contributed by atoms with Crippen LogP contribution in [0, 0.1) is 5.92 Å². The molecule has 0 aromatic heterocycles. The number of hydrogen-bond acceptors (Lipinski definition) is 3. The lowest BCUT2D eigenvalue weighted by atomic mass is 10.00. The molecule has 1 aliphatic rings. The van der Waals surface area contributed by atoms with Gasteiger partial charge in [-0.25, -0.2) is 0 Å². The van der Waals surface area contributed by atoms with Gasteiger partial charge in [0.2, 0.25) is 0 Å². The highest BCUT2D eigenvalue weighted by atomic mass is 19.2. The summed E-state index contributed by atoms with van der Waals surface area (Å²) in [6.07, 6.45) is 1.49. The van der Waals surface area contributed by atoms with Crippen LogP contribution in [-0.4, -0.2) is 30.8 Å². The molecule has 0 radical (unpaired) electrons. The Morgan fingerprint density at radius 2 is 2.50 bits per heavy atom.